The maximum absolute atomic E-state index is 12.7. The Labute approximate surface area is 169 Å². The van der Waals surface area contributed by atoms with Gasteiger partial charge >= 0.3 is 0 Å². The molecule has 2 aliphatic rings. The largest absolute Gasteiger partial charge is 0.327 e. The Morgan fingerprint density at radius 3 is 2.54 bits per heavy atom. The molecule has 3 heterocycles. The summed E-state index contributed by atoms with van der Waals surface area (Å²) in [5.41, 5.74) is 0.711. The van der Waals surface area contributed by atoms with Gasteiger partial charge in [-0.3, -0.25) is 10.1 Å². The van der Waals surface area contributed by atoms with E-state index >= 15 is 0 Å². The molecular formula is C19H27N4O3S2+. The van der Waals surface area contributed by atoms with Gasteiger partial charge in [0, 0.05) is 13.1 Å². The summed E-state index contributed by atoms with van der Waals surface area (Å²) in [6.45, 7) is 3.73. The zero-order valence-electron chi connectivity index (χ0n) is 15.9. The van der Waals surface area contributed by atoms with Gasteiger partial charge in [0.2, 0.25) is 10.0 Å². The number of benzene rings is 1. The number of anilines is 1. The van der Waals surface area contributed by atoms with Gasteiger partial charge in [0.25, 0.3) is 5.91 Å². The van der Waals surface area contributed by atoms with Crippen LogP contribution in [-0.4, -0.2) is 56.3 Å². The van der Waals surface area contributed by atoms with Gasteiger partial charge in [-0.15, -0.1) is 0 Å². The van der Waals surface area contributed by atoms with E-state index in [0.717, 1.165) is 30.6 Å². The fourth-order valence-electron chi connectivity index (χ4n) is 3.99. The van der Waals surface area contributed by atoms with Gasteiger partial charge in [0.15, 0.2) is 11.7 Å². The summed E-state index contributed by atoms with van der Waals surface area (Å²) in [7, 11) is -3.45. The first kappa shape index (κ1) is 19.8. The fraction of sp³-hybridized carbons (Fsp3) is 0.579. The molecule has 28 heavy (non-hydrogen) atoms. The molecular weight excluding hydrogens is 396 g/mol. The Kier molecular flexibility index (Phi) is 5.96. The van der Waals surface area contributed by atoms with Crippen molar-refractivity contribution in [3.8, 4) is 0 Å². The fourth-order valence-corrected chi connectivity index (χ4v) is 6.53. The number of rotatable bonds is 5. The van der Waals surface area contributed by atoms with Gasteiger partial charge in [-0.25, -0.2) is 13.4 Å². The van der Waals surface area contributed by atoms with Crippen LogP contribution >= 0.6 is 11.3 Å². The van der Waals surface area contributed by atoms with Crippen LogP contribution in [0.3, 0.4) is 0 Å². The average Bonchev–Trinajstić information content (AvgIpc) is 3.27. The second-order valence-corrected chi connectivity index (χ2v) is 10.6. The molecule has 2 aliphatic heterocycles. The monoisotopic (exact) mass is 423 g/mol. The van der Waals surface area contributed by atoms with Crippen LogP contribution in [0.2, 0.25) is 0 Å². The Morgan fingerprint density at radius 1 is 1.11 bits per heavy atom. The van der Waals surface area contributed by atoms with Gasteiger partial charge < -0.3 is 4.90 Å². The highest BCUT2D eigenvalue weighted by molar-refractivity contribution is 7.89. The predicted octanol–water partition coefficient (Wildman–Crippen LogP) is 1.48. The van der Waals surface area contributed by atoms with Crippen LogP contribution in [0.4, 0.5) is 5.13 Å². The van der Waals surface area contributed by atoms with E-state index in [1.165, 1.54) is 41.9 Å². The molecule has 2 N–H and O–H groups in total. The van der Waals surface area contributed by atoms with Crippen LogP contribution in [0.1, 0.15) is 38.5 Å². The van der Waals surface area contributed by atoms with Crippen molar-refractivity contribution in [2.24, 2.45) is 0 Å². The van der Waals surface area contributed by atoms with E-state index < -0.39 is 10.0 Å². The van der Waals surface area contributed by atoms with Gasteiger partial charge in [-0.05, 0) is 56.7 Å². The lowest BCUT2D eigenvalue weighted by Gasteiger charge is -2.15. The van der Waals surface area contributed by atoms with Crippen molar-refractivity contribution in [3.63, 3.8) is 0 Å². The molecule has 1 aromatic carbocycles. The summed E-state index contributed by atoms with van der Waals surface area (Å²) in [4.78, 5) is 18.5. The van der Waals surface area contributed by atoms with Crippen molar-refractivity contribution in [2.45, 2.75) is 43.4 Å². The molecule has 2 aromatic rings. The van der Waals surface area contributed by atoms with Gasteiger partial charge in [-0.1, -0.05) is 11.3 Å². The number of amides is 1. The summed E-state index contributed by atoms with van der Waals surface area (Å²) in [6.07, 6.45) is 6.70. The molecule has 0 unspecified atom stereocenters. The minimum Gasteiger partial charge on any atom is -0.327 e. The molecule has 7 nitrogen and oxygen atoms in total. The summed E-state index contributed by atoms with van der Waals surface area (Å²) < 4.78 is 27.8. The zero-order valence-corrected chi connectivity index (χ0v) is 17.6. The third kappa shape index (κ3) is 4.37. The van der Waals surface area contributed by atoms with Crippen molar-refractivity contribution >= 4 is 42.6 Å². The van der Waals surface area contributed by atoms with Crippen molar-refractivity contribution in [1.29, 1.82) is 0 Å². The quantitative estimate of drug-likeness (QED) is 0.763. The number of aromatic nitrogens is 1. The highest BCUT2D eigenvalue weighted by atomic mass is 32.2. The third-order valence-electron chi connectivity index (χ3n) is 5.53. The molecule has 4 rings (SSSR count). The van der Waals surface area contributed by atoms with E-state index in [-0.39, 0.29) is 5.91 Å². The Morgan fingerprint density at radius 2 is 1.82 bits per heavy atom. The highest BCUT2D eigenvalue weighted by Gasteiger charge is 2.27. The van der Waals surface area contributed by atoms with Crippen molar-refractivity contribution in [2.75, 3.05) is 38.0 Å². The van der Waals surface area contributed by atoms with Crippen LogP contribution < -0.4 is 10.2 Å². The lowest BCUT2D eigenvalue weighted by atomic mass is 10.2. The van der Waals surface area contributed by atoms with E-state index in [1.807, 2.05) is 0 Å². The molecule has 0 spiro atoms. The first-order valence-electron chi connectivity index (χ1n) is 10.1. The number of hydrogen-bond donors (Lipinski definition) is 2. The van der Waals surface area contributed by atoms with Crippen LogP contribution in [0.5, 0.6) is 0 Å². The number of sulfonamides is 1. The molecule has 1 amide bonds. The smallest absolute Gasteiger partial charge is 0.281 e. The Bertz CT molecular complexity index is 943. The SMILES string of the molecule is O=C(C[NH+]1CCCCCC1)Nc1nc2ccc(S(=O)(=O)N3CCCC3)cc2s1. The molecule has 0 bridgehead atoms. The molecule has 2 fully saturated rings. The van der Waals surface area contributed by atoms with Crippen LogP contribution in [-0.2, 0) is 14.8 Å². The number of nitrogens with zero attached hydrogens (tertiary/aromatic N) is 2. The first-order valence-corrected chi connectivity index (χ1v) is 12.3. The van der Waals surface area contributed by atoms with Gasteiger partial charge in [-0.2, -0.15) is 4.31 Å². The van der Waals surface area contributed by atoms with Gasteiger partial charge in [0.1, 0.15) is 0 Å². The number of nitrogens with one attached hydrogen (secondary N) is 2. The molecule has 0 atom stereocenters. The number of fused-ring (bicyclic) bond motifs is 1. The minimum atomic E-state index is -3.45. The zero-order chi connectivity index (χ0) is 19.6. The maximum Gasteiger partial charge on any atom is 0.281 e. The average molecular weight is 424 g/mol. The van der Waals surface area contributed by atoms with Gasteiger partial charge in [0.05, 0.1) is 28.2 Å². The normalized spacial score (nSPS) is 19.7. The van der Waals surface area contributed by atoms with Crippen molar-refractivity contribution in [3.05, 3.63) is 18.2 Å². The number of thiazole rings is 1. The number of carbonyl (C=O) groups is 1. The molecule has 2 saturated heterocycles. The van der Waals surface area contributed by atoms with E-state index in [1.54, 1.807) is 22.5 Å². The molecule has 152 valence electrons. The van der Waals surface area contributed by atoms with E-state index in [0.29, 0.717) is 35.2 Å². The Hall–Kier alpha value is -1.55. The van der Waals surface area contributed by atoms with Crippen LogP contribution in [0.15, 0.2) is 23.1 Å². The van der Waals surface area contributed by atoms with E-state index in [4.69, 9.17) is 0 Å². The first-order chi connectivity index (χ1) is 13.5. The lowest BCUT2D eigenvalue weighted by Crippen LogP contribution is -3.12. The number of carbonyl (C=O) groups excluding carboxylic acids is 1. The summed E-state index contributed by atoms with van der Waals surface area (Å²) >= 11 is 1.33. The third-order valence-corrected chi connectivity index (χ3v) is 8.36. The molecule has 0 saturated carbocycles. The van der Waals surface area contributed by atoms with E-state index in [2.05, 4.69) is 10.3 Å². The molecule has 9 heteroatoms. The minimum absolute atomic E-state index is 0.0270. The molecule has 0 radical (unpaired) electrons. The number of hydrogen-bond acceptors (Lipinski definition) is 5. The molecule has 0 aliphatic carbocycles. The summed E-state index contributed by atoms with van der Waals surface area (Å²) in [5.74, 6) is -0.0270. The van der Waals surface area contributed by atoms with Crippen molar-refractivity contribution < 1.29 is 18.1 Å². The number of likely N-dealkylation sites (tertiary alicyclic amines) is 1. The van der Waals surface area contributed by atoms with E-state index in [9.17, 15) is 13.2 Å². The van der Waals surface area contributed by atoms with Crippen molar-refractivity contribution in [1.82, 2.24) is 9.29 Å². The summed E-state index contributed by atoms with van der Waals surface area (Å²) in [6, 6.07) is 5.02. The number of quaternary nitrogens is 1. The second-order valence-electron chi connectivity index (χ2n) is 7.65. The topological polar surface area (TPSA) is 83.8 Å². The lowest BCUT2D eigenvalue weighted by molar-refractivity contribution is -0.890. The highest BCUT2D eigenvalue weighted by Crippen LogP contribution is 2.30. The standard InChI is InChI=1S/C19H26N4O3S2/c24-18(14-22-9-3-1-2-4-10-22)21-19-20-16-8-7-15(13-17(16)27-19)28(25,26)23-11-5-6-12-23/h7-8,13H,1-6,9-12,14H2,(H,20,21,24)/p+1. The predicted molar refractivity (Wildman–Crippen MR) is 110 cm³/mol. The van der Waals surface area contributed by atoms with Crippen LogP contribution in [0, 0.1) is 0 Å². The second kappa shape index (κ2) is 8.44. The van der Waals surface area contributed by atoms with Crippen LogP contribution in [0.25, 0.3) is 10.2 Å². The maximum atomic E-state index is 12.7. The Balaban J connectivity index is 1.46. The molecule has 1 aromatic heterocycles. The summed E-state index contributed by atoms with van der Waals surface area (Å²) in [5, 5.41) is 3.43.